The molecule has 3 rings (SSSR count). The van der Waals surface area contributed by atoms with Crippen LogP contribution in [0.2, 0.25) is 0 Å². The average molecular weight is 465 g/mol. The van der Waals surface area contributed by atoms with Crippen molar-refractivity contribution in [2.75, 3.05) is 40.9 Å². The minimum absolute atomic E-state index is 0.0826. The van der Waals surface area contributed by atoms with Gasteiger partial charge in [0.2, 0.25) is 0 Å². The molecule has 1 aliphatic rings. The zero-order valence-electron chi connectivity index (χ0n) is 20.2. The summed E-state index contributed by atoms with van der Waals surface area (Å²) in [6.45, 7) is 7.03. The van der Waals surface area contributed by atoms with Gasteiger partial charge in [0.15, 0.2) is 0 Å². The van der Waals surface area contributed by atoms with Crippen molar-refractivity contribution in [3.05, 3.63) is 77.4 Å². The van der Waals surface area contributed by atoms with Crippen LogP contribution in [0.3, 0.4) is 0 Å². The molecule has 1 aliphatic heterocycles. The summed E-state index contributed by atoms with van der Waals surface area (Å²) < 4.78 is 10.9. The van der Waals surface area contributed by atoms with Crippen LogP contribution >= 0.6 is 0 Å². The lowest BCUT2D eigenvalue weighted by Gasteiger charge is -2.26. The molecule has 0 saturated carbocycles. The molecule has 1 atom stereocenters. The van der Waals surface area contributed by atoms with Gasteiger partial charge in [-0.3, -0.25) is 9.59 Å². The Morgan fingerprint density at radius 2 is 1.88 bits per heavy atom. The van der Waals surface area contributed by atoms with Gasteiger partial charge < -0.3 is 24.4 Å². The van der Waals surface area contributed by atoms with Crippen LogP contribution in [-0.4, -0.2) is 67.5 Å². The van der Waals surface area contributed by atoms with E-state index in [4.69, 9.17) is 9.47 Å². The second kappa shape index (κ2) is 11.0. The maximum absolute atomic E-state index is 13.1. The molecule has 0 aliphatic carbocycles. The third-order valence-electron chi connectivity index (χ3n) is 5.78. The van der Waals surface area contributed by atoms with E-state index < -0.39 is 17.7 Å². The van der Waals surface area contributed by atoms with E-state index in [2.05, 4.69) is 6.58 Å². The van der Waals surface area contributed by atoms with Crippen LogP contribution in [0.1, 0.15) is 29.2 Å². The van der Waals surface area contributed by atoms with Crippen LogP contribution in [0.5, 0.6) is 11.5 Å². The fraction of sp³-hybridized carbons (Fsp3) is 0.333. The third kappa shape index (κ3) is 5.31. The van der Waals surface area contributed by atoms with Crippen LogP contribution in [0.15, 0.2) is 60.7 Å². The number of aliphatic hydroxyl groups excluding tert-OH is 1. The number of carbonyl (C=O) groups excluding carboxylic acids is 2. The lowest BCUT2D eigenvalue weighted by atomic mass is 9.94. The molecule has 0 bridgehead atoms. The van der Waals surface area contributed by atoms with Crippen molar-refractivity contribution in [3.8, 4) is 11.5 Å². The molecule has 0 radical (unpaired) electrons. The minimum atomic E-state index is -0.690. The average Bonchev–Trinajstić information content (AvgIpc) is 3.07. The lowest BCUT2D eigenvalue weighted by Crippen LogP contribution is -2.32. The Hall–Kier alpha value is -3.58. The SMILES string of the molecule is C=CCOc1ccc(/C(O)=C2\C(=O)C(=O)N(CCCN(C)C)C2c2ccc(OC)cc2)cc1C. The van der Waals surface area contributed by atoms with Gasteiger partial charge in [-0.05, 0) is 75.4 Å². The number of ketones is 1. The van der Waals surface area contributed by atoms with E-state index in [9.17, 15) is 14.7 Å². The number of rotatable bonds is 10. The zero-order valence-corrected chi connectivity index (χ0v) is 20.2. The molecule has 180 valence electrons. The summed E-state index contributed by atoms with van der Waals surface area (Å²) in [7, 11) is 5.49. The highest BCUT2D eigenvalue weighted by Gasteiger charge is 2.45. The van der Waals surface area contributed by atoms with Gasteiger partial charge in [0.05, 0.1) is 18.7 Å². The second-order valence-electron chi connectivity index (χ2n) is 8.50. The van der Waals surface area contributed by atoms with Crippen LogP contribution in [0, 0.1) is 6.92 Å². The van der Waals surface area contributed by atoms with Crippen LogP contribution < -0.4 is 9.47 Å². The Bertz CT molecular complexity index is 1090. The van der Waals surface area contributed by atoms with E-state index in [0.717, 1.165) is 17.7 Å². The smallest absolute Gasteiger partial charge is 0.295 e. The first kappa shape index (κ1) is 25.1. The molecular weight excluding hydrogens is 432 g/mol. The van der Waals surface area contributed by atoms with E-state index >= 15 is 0 Å². The maximum atomic E-state index is 13.1. The van der Waals surface area contributed by atoms with Gasteiger partial charge in [-0.15, -0.1) is 0 Å². The van der Waals surface area contributed by atoms with E-state index in [1.807, 2.05) is 38.1 Å². The van der Waals surface area contributed by atoms with E-state index in [1.165, 1.54) is 0 Å². The molecule has 0 spiro atoms. The summed E-state index contributed by atoms with van der Waals surface area (Å²) >= 11 is 0. The van der Waals surface area contributed by atoms with E-state index in [-0.39, 0.29) is 11.3 Å². The molecule has 1 unspecified atom stereocenters. The summed E-state index contributed by atoms with van der Waals surface area (Å²) in [5, 5.41) is 11.3. The minimum Gasteiger partial charge on any atom is -0.507 e. The summed E-state index contributed by atoms with van der Waals surface area (Å²) in [5.74, 6) is -0.171. The number of Topliss-reactive ketones (excluding diaryl/α,β-unsaturated/α-hetero) is 1. The zero-order chi connectivity index (χ0) is 24.8. The quantitative estimate of drug-likeness (QED) is 0.248. The number of likely N-dealkylation sites (tertiary alicyclic amines) is 1. The number of benzene rings is 2. The monoisotopic (exact) mass is 464 g/mol. The van der Waals surface area contributed by atoms with Crippen molar-refractivity contribution in [1.82, 2.24) is 9.80 Å². The Balaban J connectivity index is 2.06. The van der Waals surface area contributed by atoms with Gasteiger partial charge in [-0.1, -0.05) is 24.8 Å². The standard InChI is InChI=1S/C27H32N2O5/c1-6-16-34-22-13-10-20(17-18(22)2)25(30)23-24(19-8-11-21(33-5)12-9-19)29(27(32)26(23)31)15-7-14-28(3)4/h6,8-13,17,24,30H,1,7,14-16H2,2-5H3/b25-23+. The number of hydrogen-bond acceptors (Lipinski definition) is 6. The van der Waals surface area contributed by atoms with Crippen LogP contribution in [0.25, 0.3) is 5.76 Å². The van der Waals surface area contributed by atoms with Gasteiger partial charge in [0.1, 0.15) is 23.9 Å². The number of ether oxygens (including phenoxy) is 2. The molecule has 7 nitrogen and oxygen atoms in total. The predicted octanol–water partition coefficient (Wildman–Crippen LogP) is 3.94. The molecule has 34 heavy (non-hydrogen) atoms. The summed E-state index contributed by atoms with van der Waals surface area (Å²) in [6, 6.07) is 11.7. The molecule has 1 heterocycles. The van der Waals surface area contributed by atoms with E-state index in [0.29, 0.717) is 36.6 Å². The van der Waals surface area contributed by atoms with Crippen LogP contribution in [0.4, 0.5) is 0 Å². The molecule has 1 N–H and O–H groups in total. The highest BCUT2D eigenvalue weighted by Crippen LogP contribution is 2.40. The summed E-state index contributed by atoms with van der Waals surface area (Å²) in [6.07, 6.45) is 2.35. The molecule has 1 saturated heterocycles. The summed E-state index contributed by atoms with van der Waals surface area (Å²) in [5.41, 5.74) is 2.06. The topological polar surface area (TPSA) is 79.3 Å². The van der Waals surface area contributed by atoms with Crippen molar-refractivity contribution < 1.29 is 24.2 Å². The fourth-order valence-electron chi connectivity index (χ4n) is 4.06. The lowest BCUT2D eigenvalue weighted by molar-refractivity contribution is -0.139. The van der Waals surface area contributed by atoms with Gasteiger partial charge in [0.25, 0.3) is 11.7 Å². The molecule has 0 aromatic heterocycles. The number of aliphatic hydroxyl groups is 1. The first-order valence-corrected chi connectivity index (χ1v) is 11.2. The first-order chi connectivity index (χ1) is 16.3. The normalized spacial score (nSPS) is 17.3. The number of aryl methyl sites for hydroxylation is 1. The van der Waals surface area contributed by atoms with Crippen LogP contribution in [-0.2, 0) is 9.59 Å². The molecular formula is C27H32N2O5. The third-order valence-corrected chi connectivity index (χ3v) is 5.78. The molecule has 1 amide bonds. The maximum Gasteiger partial charge on any atom is 0.295 e. The number of nitrogens with zero attached hydrogens (tertiary/aromatic N) is 2. The van der Waals surface area contributed by atoms with E-state index in [1.54, 1.807) is 48.4 Å². The largest absolute Gasteiger partial charge is 0.507 e. The number of amides is 1. The van der Waals surface area contributed by atoms with Crippen molar-refractivity contribution in [1.29, 1.82) is 0 Å². The molecule has 7 heteroatoms. The van der Waals surface area contributed by atoms with Crippen molar-refractivity contribution in [2.24, 2.45) is 0 Å². The molecule has 2 aromatic carbocycles. The highest BCUT2D eigenvalue weighted by atomic mass is 16.5. The van der Waals surface area contributed by atoms with Gasteiger partial charge >= 0.3 is 0 Å². The van der Waals surface area contributed by atoms with Gasteiger partial charge in [-0.25, -0.2) is 0 Å². The first-order valence-electron chi connectivity index (χ1n) is 11.2. The van der Waals surface area contributed by atoms with Crippen molar-refractivity contribution in [2.45, 2.75) is 19.4 Å². The van der Waals surface area contributed by atoms with Crippen molar-refractivity contribution >= 4 is 17.4 Å². The molecule has 1 fully saturated rings. The molecule has 2 aromatic rings. The van der Waals surface area contributed by atoms with Crippen molar-refractivity contribution in [3.63, 3.8) is 0 Å². The number of hydrogen-bond donors (Lipinski definition) is 1. The van der Waals surface area contributed by atoms with Gasteiger partial charge in [0, 0.05) is 12.1 Å². The number of carbonyl (C=O) groups is 2. The Morgan fingerprint density at radius 3 is 2.47 bits per heavy atom. The van der Waals surface area contributed by atoms with Gasteiger partial charge in [-0.2, -0.15) is 0 Å². The number of methoxy groups -OCH3 is 1. The highest BCUT2D eigenvalue weighted by molar-refractivity contribution is 6.46. The Kier molecular flexibility index (Phi) is 8.12. The summed E-state index contributed by atoms with van der Waals surface area (Å²) in [4.78, 5) is 29.8. The fourth-order valence-corrected chi connectivity index (χ4v) is 4.06. The predicted molar refractivity (Wildman–Crippen MR) is 132 cm³/mol. The Morgan fingerprint density at radius 1 is 1.18 bits per heavy atom. The Labute approximate surface area is 200 Å². The second-order valence-corrected chi connectivity index (χ2v) is 8.50.